The molecule has 0 saturated carbocycles. The zero-order valence-corrected chi connectivity index (χ0v) is 28.3. The van der Waals surface area contributed by atoms with Gasteiger partial charge in [-0.05, 0) is 59.7 Å². The second kappa shape index (κ2) is 13.7. The summed E-state index contributed by atoms with van der Waals surface area (Å²) in [6.45, 7) is 0. The van der Waals surface area contributed by atoms with Crippen LogP contribution in [0.3, 0.4) is 0 Å². The highest BCUT2D eigenvalue weighted by Crippen LogP contribution is 2.49. The third kappa shape index (κ3) is 6.13. The molecular formula is C42H34N4O6. The molecule has 8 rings (SSSR count). The molecule has 258 valence electrons. The maximum atomic E-state index is 12.3. The first-order chi connectivity index (χ1) is 25.2. The van der Waals surface area contributed by atoms with E-state index in [1.807, 2.05) is 66.7 Å². The molecule has 0 atom stereocenters. The summed E-state index contributed by atoms with van der Waals surface area (Å²) in [7, 11) is 2.75. The van der Waals surface area contributed by atoms with Gasteiger partial charge in [0.1, 0.15) is 22.8 Å². The Bertz CT molecular complexity index is 2490. The van der Waals surface area contributed by atoms with Gasteiger partial charge < -0.3 is 41.2 Å². The minimum absolute atomic E-state index is 0.190. The number of carbonyl (C=O) groups is 2. The number of anilines is 3. The van der Waals surface area contributed by atoms with Crippen LogP contribution in [0.15, 0.2) is 126 Å². The summed E-state index contributed by atoms with van der Waals surface area (Å²) in [5, 5.41) is 9.06. The lowest BCUT2D eigenvalue weighted by atomic mass is 9.80. The minimum Gasteiger partial charge on any atom is -0.465 e. The van der Waals surface area contributed by atoms with Gasteiger partial charge in [-0.3, -0.25) is 0 Å². The van der Waals surface area contributed by atoms with Gasteiger partial charge in [0, 0.05) is 74.9 Å². The van der Waals surface area contributed by atoms with Crippen molar-refractivity contribution in [2.75, 3.05) is 31.4 Å². The summed E-state index contributed by atoms with van der Waals surface area (Å²) in [5.74, 6) is 0.910. The van der Waals surface area contributed by atoms with Crippen LogP contribution >= 0.6 is 0 Å². The predicted molar refractivity (Wildman–Crippen MR) is 200 cm³/mol. The Labute approximate surface area is 298 Å². The Morgan fingerprint density at radius 3 is 1.87 bits per heavy atom. The van der Waals surface area contributed by atoms with Crippen LogP contribution in [0.25, 0.3) is 33.4 Å². The van der Waals surface area contributed by atoms with Crippen LogP contribution in [0.2, 0.25) is 0 Å². The molecule has 2 aliphatic heterocycles. The van der Waals surface area contributed by atoms with Crippen molar-refractivity contribution in [3.8, 4) is 33.9 Å². The Morgan fingerprint density at radius 2 is 1.19 bits per heavy atom. The van der Waals surface area contributed by atoms with Gasteiger partial charge in [0.25, 0.3) is 0 Å². The Balaban J connectivity index is 0.000000162. The highest BCUT2D eigenvalue weighted by atomic mass is 16.5. The molecule has 0 saturated heterocycles. The molecule has 1 aliphatic carbocycles. The molecule has 7 N–H and O–H groups in total. The number of ether oxygens (including phenoxy) is 3. The summed E-state index contributed by atoms with van der Waals surface area (Å²) >= 11 is 0. The van der Waals surface area contributed by atoms with E-state index < -0.39 is 5.97 Å². The van der Waals surface area contributed by atoms with Crippen molar-refractivity contribution in [1.82, 2.24) is 0 Å². The number of benzene rings is 6. The van der Waals surface area contributed by atoms with E-state index in [0.29, 0.717) is 56.4 Å². The molecule has 0 aromatic heterocycles. The van der Waals surface area contributed by atoms with Gasteiger partial charge in [-0.2, -0.15) is 0 Å². The van der Waals surface area contributed by atoms with Crippen molar-refractivity contribution in [1.29, 1.82) is 5.41 Å². The lowest BCUT2D eigenvalue weighted by molar-refractivity contribution is 0.0591. The van der Waals surface area contributed by atoms with E-state index in [4.69, 9.17) is 41.2 Å². The standard InChI is InChI=1S/C21H18N2O3.C21H16N2O3/c2*1-25-21(24)15-5-3-2-4-14(15)20-16-8-6-12(22)10-18(16)26-19-11-13(23)7-9-17(19)20/h2-11,20H,22-23H2,1H3;2-11,22H,23H2,1H3. The number of hydrogen-bond acceptors (Lipinski definition) is 10. The SMILES string of the molecule is COC(=O)c1ccccc1-c1c2ccc(=N)cc-2oc2cc(N)ccc12.COC(=O)c1ccccc1C1c2ccc(N)cc2Oc2cc(N)ccc21. The predicted octanol–water partition coefficient (Wildman–Crippen LogP) is 7.98. The summed E-state index contributed by atoms with van der Waals surface area (Å²) in [6.07, 6.45) is 0. The molecule has 52 heavy (non-hydrogen) atoms. The molecule has 0 amide bonds. The molecule has 10 nitrogen and oxygen atoms in total. The Hall–Kier alpha value is -7.07. The molecule has 0 spiro atoms. The van der Waals surface area contributed by atoms with E-state index in [9.17, 15) is 9.59 Å². The van der Waals surface area contributed by atoms with Crippen molar-refractivity contribution in [3.63, 3.8) is 0 Å². The molecule has 5 aromatic carbocycles. The summed E-state index contributed by atoms with van der Waals surface area (Å²) in [5.41, 5.74) is 26.3. The number of esters is 2. The molecule has 3 aliphatic rings. The fourth-order valence-electron chi connectivity index (χ4n) is 6.61. The van der Waals surface area contributed by atoms with Crippen molar-refractivity contribution in [2.24, 2.45) is 0 Å². The Kier molecular flexibility index (Phi) is 8.79. The number of rotatable bonds is 4. The number of carbonyl (C=O) groups excluding carboxylic acids is 2. The lowest BCUT2D eigenvalue weighted by Crippen LogP contribution is -2.16. The number of fused-ring (bicyclic) bond motifs is 4. The zero-order chi connectivity index (χ0) is 36.5. The van der Waals surface area contributed by atoms with Crippen molar-refractivity contribution < 1.29 is 28.2 Å². The first-order valence-corrected chi connectivity index (χ1v) is 16.3. The van der Waals surface area contributed by atoms with Crippen LogP contribution < -0.4 is 27.3 Å². The van der Waals surface area contributed by atoms with Gasteiger partial charge in [-0.1, -0.05) is 48.5 Å². The topological polar surface area (TPSA) is 177 Å². The van der Waals surface area contributed by atoms with Crippen molar-refractivity contribution in [3.05, 3.63) is 155 Å². The van der Waals surface area contributed by atoms with E-state index in [1.165, 1.54) is 14.2 Å². The van der Waals surface area contributed by atoms with Crippen LogP contribution in [0.1, 0.15) is 43.3 Å². The number of nitrogens with two attached hydrogens (primary N) is 3. The average Bonchev–Trinajstić information content (AvgIpc) is 3.15. The van der Waals surface area contributed by atoms with Gasteiger partial charge in [0.2, 0.25) is 0 Å². The lowest BCUT2D eigenvalue weighted by Gasteiger charge is -2.30. The Morgan fingerprint density at radius 1 is 0.615 bits per heavy atom. The van der Waals surface area contributed by atoms with Crippen LogP contribution in [0.4, 0.5) is 17.1 Å². The first kappa shape index (κ1) is 33.4. The number of hydrogen-bond donors (Lipinski definition) is 4. The highest BCUT2D eigenvalue weighted by molar-refractivity contribution is 6.08. The van der Waals surface area contributed by atoms with E-state index in [2.05, 4.69) is 0 Å². The minimum atomic E-state index is -0.407. The first-order valence-electron chi connectivity index (χ1n) is 16.3. The second-order valence-electron chi connectivity index (χ2n) is 12.2. The van der Waals surface area contributed by atoms with Crippen molar-refractivity contribution in [2.45, 2.75) is 5.92 Å². The van der Waals surface area contributed by atoms with Crippen LogP contribution in [-0.2, 0) is 9.47 Å². The fourth-order valence-corrected chi connectivity index (χ4v) is 6.61. The fraction of sp³-hybridized carbons (Fsp3) is 0.0714. The van der Waals surface area contributed by atoms with Gasteiger partial charge in [-0.15, -0.1) is 0 Å². The van der Waals surface area contributed by atoms with Crippen LogP contribution in [0.5, 0.6) is 11.5 Å². The zero-order valence-electron chi connectivity index (χ0n) is 28.3. The molecular weight excluding hydrogens is 656 g/mol. The van der Waals surface area contributed by atoms with E-state index in [1.54, 1.807) is 54.6 Å². The molecule has 0 unspecified atom stereocenters. The number of nitrogen functional groups attached to an aromatic ring is 3. The van der Waals surface area contributed by atoms with Crippen molar-refractivity contribution >= 4 is 40.0 Å². The maximum Gasteiger partial charge on any atom is 0.338 e. The van der Waals surface area contributed by atoms with Gasteiger partial charge >= 0.3 is 11.9 Å². The molecule has 0 fully saturated rings. The van der Waals surface area contributed by atoms with Gasteiger partial charge in [0.15, 0.2) is 0 Å². The van der Waals surface area contributed by atoms with E-state index in [0.717, 1.165) is 38.8 Å². The third-order valence-electron chi connectivity index (χ3n) is 8.94. The molecule has 0 bridgehead atoms. The third-order valence-corrected chi connectivity index (χ3v) is 8.94. The number of methoxy groups -OCH3 is 2. The van der Waals surface area contributed by atoms with E-state index in [-0.39, 0.29) is 11.9 Å². The molecule has 0 radical (unpaired) electrons. The van der Waals surface area contributed by atoms with E-state index >= 15 is 0 Å². The van der Waals surface area contributed by atoms with Gasteiger partial charge in [0.05, 0.1) is 30.7 Å². The highest BCUT2D eigenvalue weighted by Gasteiger charge is 2.32. The quantitative estimate of drug-likeness (QED) is 0.0810. The largest absolute Gasteiger partial charge is 0.465 e. The molecule has 10 heteroatoms. The number of nitrogens with one attached hydrogen (secondary N) is 1. The smallest absolute Gasteiger partial charge is 0.338 e. The molecule has 5 aromatic rings. The van der Waals surface area contributed by atoms with Crippen LogP contribution in [0, 0.1) is 5.41 Å². The van der Waals surface area contributed by atoms with Gasteiger partial charge in [-0.25, -0.2) is 9.59 Å². The maximum absolute atomic E-state index is 12.3. The van der Waals surface area contributed by atoms with Crippen LogP contribution in [-0.4, -0.2) is 26.2 Å². The average molecular weight is 691 g/mol. The monoisotopic (exact) mass is 690 g/mol. The second-order valence-corrected chi connectivity index (χ2v) is 12.2. The summed E-state index contributed by atoms with van der Waals surface area (Å²) in [6, 6.07) is 36.4. The normalized spacial score (nSPS) is 11.8. The summed E-state index contributed by atoms with van der Waals surface area (Å²) in [4.78, 5) is 24.6. The molecule has 2 heterocycles. The summed E-state index contributed by atoms with van der Waals surface area (Å²) < 4.78 is 21.9.